The van der Waals surface area contributed by atoms with Crippen molar-refractivity contribution < 1.29 is 18.7 Å². The first-order chi connectivity index (χ1) is 10.6. The Balaban J connectivity index is 0.00000264. The van der Waals surface area contributed by atoms with Crippen molar-refractivity contribution >= 4 is 18.4 Å². The molecule has 0 bridgehead atoms. The molecule has 2 aromatic rings. The van der Waals surface area contributed by atoms with Crippen molar-refractivity contribution in [2.75, 3.05) is 7.11 Å². The molecule has 0 saturated heterocycles. The molecular formula is C17H19ClFNO3. The largest absolute Gasteiger partial charge is 0.489 e. The molecule has 1 atom stereocenters. The number of nitrogens with two attached hydrogens (primary N) is 1. The van der Waals surface area contributed by atoms with Crippen LogP contribution in [-0.4, -0.2) is 19.1 Å². The Labute approximate surface area is 140 Å². The minimum absolute atomic E-state index is 0. The first kappa shape index (κ1) is 18.9. The van der Waals surface area contributed by atoms with Crippen LogP contribution in [0.3, 0.4) is 0 Å². The average molecular weight is 340 g/mol. The van der Waals surface area contributed by atoms with Crippen LogP contribution in [0.1, 0.15) is 11.1 Å². The molecule has 2 N–H and O–H groups in total. The van der Waals surface area contributed by atoms with E-state index in [9.17, 15) is 9.18 Å². The third-order valence-corrected chi connectivity index (χ3v) is 3.18. The molecule has 6 heteroatoms. The number of hydrogen-bond acceptors (Lipinski definition) is 4. The summed E-state index contributed by atoms with van der Waals surface area (Å²) in [5.41, 5.74) is 7.38. The molecule has 0 aliphatic rings. The van der Waals surface area contributed by atoms with E-state index in [1.807, 2.05) is 12.1 Å². The van der Waals surface area contributed by atoms with Crippen molar-refractivity contribution in [1.29, 1.82) is 0 Å². The van der Waals surface area contributed by atoms with Crippen LogP contribution >= 0.6 is 12.4 Å². The summed E-state index contributed by atoms with van der Waals surface area (Å²) in [5, 5.41) is 0. The zero-order valence-electron chi connectivity index (χ0n) is 12.7. The summed E-state index contributed by atoms with van der Waals surface area (Å²) >= 11 is 0. The highest BCUT2D eigenvalue weighted by Gasteiger charge is 2.13. The normalized spacial score (nSPS) is 11.3. The van der Waals surface area contributed by atoms with Gasteiger partial charge in [-0.2, -0.15) is 0 Å². The molecular weight excluding hydrogens is 321 g/mol. The zero-order chi connectivity index (χ0) is 15.9. The summed E-state index contributed by atoms with van der Waals surface area (Å²) in [6.07, 6.45) is 0.400. The monoisotopic (exact) mass is 339 g/mol. The molecule has 4 nitrogen and oxygen atoms in total. The molecule has 0 saturated carbocycles. The number of carbonyl (C=O) groups is 1. The average Bonchev–Trinajstić information content (AvgIpc) is 2.53. The van der Waals surface area contributed by atoms with Crippen LogP contribution < -0.4 is 10.5 Å². The maximum absolute atomic E-state index is 13.1. The summed E-state index contributed by atoms with van der Waals surface area (Å²) in [6.45, 7) is 0.290. The van der Waals surface area contributed by atoms with E-state index in [1.165, 1.54) is 19.2 Å². The Kier molecular flexibility index (Phi) is 7.51. The van der Waals surface area contributed by atoms with Crippen LogP contribution in [0.5, 0.6) is 5.75 Å². The third kappa shape index (κ3) is 5.88. The smallest absolute Gasteiger partial charge is 0.322 e. The quantitative estimate of drug-likeness (QED) is 0.822. The first-order valence-corrected chi connectivity index (χ1v) is 6.88. The van der Waals surface area contributed by atoms with Crippen molar-refractivity contribution in [3.63, 3.8) is 0 Å². The van der Waals surface area contributed by atoms with Crippen molar-refractivity contribution in [3.05, 3.63) is 65.5 Å². The Morgan fingerprint density at radius 2 is 1.87 bits per heavy atom. The first-order valence-electron chi connectivity index (χ1n) is 6.88. The summed E-state index contributed by atoms with van der Waals surface area (Å²) in [5.74, 6) is -0.0562. The zero-order valence-corrected chi connectivity index (χ0v) is 13.5. The highest BCUT2D eigenvalue weighted by atomic mass is 35.5. The van der Waals surface area contributed by atoms with Crippen molar-refractivity contribution in [2.24, 2.45) is 5.73 Å². The standard InChI is InChI=1S/C17H18FNO3.ClH/c1-21-17(20)16(19)10-12-5-7-15(8-6-12)22-11-13-3-2-4-14(18)9-13;/h2-9,16H,10-11,19H2,1H3;1H/t16-;/m0./s1. The summed E-state index contributed by atoms with van der Waals surface area (Å²) < 4.78 is 23.2. The van der Waals surface area contributed by atoms with Gasteiger partial charge in [-0.15, -0.1) is 12.4 Å². The van der Waals surface area contributed by atoms with Gasteiger partial charge in [-0.05, 0) is 41.8 Å². The molecule has 0 aliphatic carbocycles. The summed E-state index contributed by atoms with van der Waals surface area (Å²) in [6, 6.07) is 12.8. The lowest BCUT2D eigenvalue weighted by molar-refractivity contribution is -0.142. The minimum Gasteiger partial charge on any atom is -0.489 e. The number of ether oxygens (including phenoxy) is 2. The number of benzene rings is 2. The van der Waals surface area contributed by atoms with Crippen molar-refractivity contribution in [2.45, 2.75) is 19.1 Å². The van der Waals surface area contributed by atoms with Gasteiger partial charge in [-0.25, -0.2) is 4.39 Å². The van der Waals surface area contributed by atoms with Gasteiger partial charge in [0.25, 0.3) is 0 Å². The fourth-order valence-electron chi connectivity index (χ4n) is 2.00. The number of methoxy groups -OCH3 is 1. The molecule has 0 heterocycles. The van der Waals surface area contributed by atoms with E-state index in [2.05, 4.69) is 4.74 Å². The topological polar surface area (TPSA) is 61.5 Å². The van der Waals surface area contributed by atoms with Gasteiger partial charge in [-0.1, -0.05) is 24.3 Å². The van der Waals surface area contributed by atoms with E-state index in [-0.39, 0.29) is 18.2 Å². The molecule has 0 spiro atoms. The van der Waals surface area contributed by atoms with Gasteiger partial charge < -0.3 is 15.2 Å². The van der Waals surface area contributed by atoms with Crippen LogP contribution in [0.2, 0.25) is 0 Å². The number of carbonyl (C=O) groups excluding carboxylic acids is 1. The van der Waals surface area contributed by atoms with Crippen LogP contribution in [0, 0.1) is 5.82 Å². The van der Waals surface area contributed by atoms with Gasteiger partial charge in [0, 0.05) is 0 Å². The van der Waals surface area contributed by atoms with Gasteiger partial charge in [0.1, 0.15) is 24.2 Å². The van der Waals surface area contributed by atoms with E-state index >= 15 is 0 Å². The van der Waals surface area contributed by atoms with E-state index in [0.717, 1.165) is 11.1 Å². The predicted octanol–water partition coefficient (Wildman–Crippen LogP) is 2.87. The molecule has 0 aromatic heterocycles. The van der Waals surface area contributed by atoms with Gasteiger partial charge in [0.15, 0.2) is 0 Å². The van der Waals surface area contributed by atoms with Gasteiger partial charge in [0.2, 0.25) is 0 Å². The number of hydrogen-bond donors (Lipinski definition) is 1. The molecule has 23 heavy (non-hydrogen) atoms. The van der Waals surface area contributed by atoms with Crippen LogP contribution in [0.4, 0.5) is 4.39 Å². The molecule has 0 fully saturated rings. The Morgan fingerprint density at radius 3 is 2.48 bits per heavy atom. The summed E-state index contributed by atoms with van der Waals surface area (Å²) in [7, 11) is 1.31. The Hall–Kier alpha value is -2.11. The van der Waals surface area contributed by atoms with Crippen LogP contribution in [-0.2, 0) is 22.6 Å². The van der Waals surface area contributed by atoms with E-state index in [4.69, 9.17) is 10.5 Å². The van der Waals surface area contributed by atoms with Gasteiger partial charge >= 0.3 is 5.97 Å². The molecule has 0 radical (unpaired) electrons. The maximum atomic E-state index is 13.1. The van der Waals surface area contributed by atoms with Gasteiger partial charge in [0.05, 0.1) is 7.11 Å². The fraction of sp³-hybridized carbons (Fsp3) is 0.235. The molecule has 0 amide bonds. The molecule has 2 rings (SSSR count). The van der Waals surface area contributed by atoms with E-state index in [0.29, 0.717) is 18.8 Å². The highest BCUT2D eigenvalue weighted by molar-refractivity contribution is 5.85. The van der Waals surface area contributed by atoms with E-state index < -0.39 is 12.0 Å². The Morgan fingerprint density at radius 1 is 1.17 bits per heavy atom. The molecule has 124 valence electrons. The van der Waals surface area contributed by atoms with Gasteiger partial charge in [-0.3, -0.25) is 4.79 Å². The maximum Gasteiger partial charge on any atom is 0.322 e. The number of rotatable bonds is 6. The van der Waals surface area contributed by atoms with Crippen LogP contribution in [0.15, 0.2) is 48.5 Å². The highest BCUT2D eigenvalue weighted by Crippen LogP contribution is 2.15. The minimum atomic E-state index is -0.677. The third-order valence-electron chi connectivity index (χ3n) is 3.18. The van der Waals surface area contributed by atoms with Crippen LogP contribution in [0.25, 0.3) is 0 Å². The molecule has 2 aromatic carbocycles. The second-order valence-electron chi connectivity index (χ2n) is 4.90. The second kappa shape index (κ2) is 9.12. The van der Waals surface area contributed by atoms with E-state index in [1.54, 1.807) is 24.3 Å². The SMILES string of the molecule is COC(=O)[C@@H](N)Cc1ccc(OCc2cccc(F)c2)cc1.Cl. The van der Waals surface area contributed by atoms with Crippen molar-refractivity contribution in [1.82, 2.24) is 0 Å². The van der Waals surface area contributed by atoms with Crippen molar-refractivity contribution in [3.8, 4) is 5.75 Å². The fourth-order valence-corrected chi connectivity index (χ4v) is 2.00. The summed E-state index contributed by atoms with van der Waals surface area (Å²) in [4.78, 5) is 11.3. The molecule has 0 unspecified atom stereocenters. The lowest BCUT2D eigenvalue weighted by Gasteiger charge is -2.10. The number of esters is 1. The second-order valence-corrected chi connectivity index (χ2v) is 4.90. The predicted molar refractivity (Wildman–Crippen MR) is 88.1 cm³/mol. The number of halogens is 2. The Bertz CT molecular complexity index is 634. The lowest BCUT2D eigenvalue weighted by atomic mass is 10.1. The molecule has 0 aliphatic heterocycles. The lowest BCUT2D eigenvalue weighted by Crippen LogP contribution is -2.33.